The van der Waals surface area contributed by atoms with Crippen LogP contribution in [0.2, 0.25) is 0 Å². The van der Waals surface area contributed by atoms with E-state index in [9.17, 15) is 0 Å². The van der Waals surface area contributed by atoms with Crippen molar-refractivity contribution >= 4 is 9.28 Å². The molecule has 1 fully saturated rings. The molecule has 0 aromatic rings. The number of nitrogens with zero attached hydrogens (tertiary/aromatic N) is 1. The van der Waals surface area contributed by atoms with Crippen molar-refractivity contribution in [3.63, 3.8) is 0 Å². The number of hydrogen-bond acceptors (Lipinski definition) is 3. The first-order chi connectivity index (χ1) is 6.69. The predicted octanol–water partition coefficient (Wildman–Crippen LogP) is 1.30. The minimum Gasteiger partial charge on any atom is -0.399 e. The fourth-order valence-corrected chi connectivity index (χ4v) is 3.81. The third-order valence-electron chi connectivity index (χ3n) is 3.26. The van der Waals surface area contributed by atoms with E-state index in [1.54, 1.807) is 14.2 Å². The molecule has 0 amide bonds. The molecule has 1 aliphatic heterocycles. The fraction of sp³-hybridized carbons (Fsp3) is 1.00. The van der Waals surface area contributed by atoms with Crippen LogP contribution < -0.4 is 0 Å². The largest absolute Gasteiger partial charge is 0.399 e. The predicted molar refractivity (Wildman–Crippen MR) is 60.6 cm³/mol. The minimum atomic E-state index is -1.42. The lowest BCUT2D eigenvalue weighted by atomic mass is 9.99. The quantitative estimate of drug-likeness (QED) is 0.663. The summed E-state index contributed by atoms with van der Waals surface area (Å²) in [6.45, 7) is 4.62. The van der Waals surface area contributed by atoms with Crippen LogP contribution in [0.15, 0.2) is 0 Å². The number of likely N-dealkylation sites (tertiary alicyclic amines) is 1. The van der Waals surface area contributed by atoms with Crippen LogP contribution in [-0.4, -0.2) is 46.7 Å². The maximum absolute atomic E-state index is 5.37. The Morgan fingerprint density at radius 3 is 2.07 bits per heavy atom. The molecule has 1 saturated heterocycles. The Hall–Kier alpha value is 0.0969. The molecule has 0 saturated carbocycles. The van der Waals surface area contributed by atoms with Gasteiger partial charge < -0.3 is 8.85 Å². The molecule has 1 aliphatic rings. The van der Waals surface area contributed by atoms with Gasteiger partial charge in [0.05, 0.1) is 0 Å². The summed E-state index contributed by atoms with van der Waals surface area (Å²) in [5.74, 6) is 0. The van der Waals surface area contributed by atoms with Crippen LogP contribution >= 0.6 is 0 Å². The molecule has 0 aromatic carbocycles. The van der Waals surface area contributed by atoms with E-state index in [0.717, 1.165) is 6.17 Å². The van der Waals surface area contributed by atoms with Crippen LogP contribution in [0.25, 0.3) is 0 Å². The van der Waals surface area contributed by atoms with Crippen molar-refractivity contribution < 1.29 is 8.85 Å². The molecule has 0 spiro atoms. The van der Waals surface area contributed by atoms with Gasteiger partial charge in [-0.3, -0.25) is 4.90 Å². The van der Waals surface area contributed by atoms with Gasteiger partial charge in [-0.15, -0.1) is 0 Å². The molecule has 0 N–H and O–H groups in total. The minimum absolute atomic E-state index is 0.694. The van der Waals surface area contributed by atoms with Gasteiger partial charge >= 0.3 is 9.28 Å². The van der Waals surface area contributed by atoms with Crippen LogP contribution in [-0.2, 0) is 8.85 Å². The smallest absolute Gasteiger partial charge is 0.335 e. The highest BCUT2D eigenvalue weighted by atomic mass is 28.3. The van der Waals surface area contributed by atoms with Crippen molar-refractivity contribution in [1.82, 2.24) is 4.90 Å². The zero-order valence-corrected chi connectivity index (χ0v) is 11.0. The molecular weight excluding hydrogens is 194 g/mol. The van der Waals surface area contributed by atoms with E-state index in [1.807, 2.05) is 0 Å². The molecule has 4 heteroatoms. The highest BCUT2D eigenvalue weighted by molar-refractivity contribution is 6.44. The van der Waals surface area contributed by atoms with E-state index < -0.39 is 9.28 Å². The average molecular weight is 217 g/mol. The SMILES string of the molecule is CO[SiH](CN1C(C)CCCC1C)OC. The summed E-state index contributed by atoms with van der Waals surface area (Å²) in [7, 11) is 2.11. The van der Waals surface area contributed by atoms with Crippen LogP contribution in [0.4, 0.5) is 0 Å². The molecule has 0 radical (unpaired) electrons. The van der Waals surface area contributed by atoms with Gasteiger partial charge in [-0.05, 0) is 26.7 Å². The molecule has 1 rings (SSSR count). The topological polar surface area (TPSA) is 21.7 Å². The van der Waals surface area contributed by atoms with E-state index in [1.165, 1.54) is 19.3 Å². The Kier molecular flexibility index (Phi) is 5.09. The zero-order chi connectivity index (χ0) is 10.6. The Balaban J connectivity index is 2.46. The summed E-state index contributed by atoms with van der Waals surface area (Å²) in [5.41, 5.74) is 0. The Morgan fingerprint density at radius 1 is 1.14 bits per heavy atom. The molecule has 84 valence electrons. The normalized spacial score (nSPS) is 29.8. The molecule has 1 heterocycles. The highest BCUT2D eigenvalue weighted by Crippen LogP contribution is 2.22. The van der Waals surface area contributed by atoms with Gasteiger partial charge in [-0.25, -0.2) is 0 Å². The number of rotatable bonds is 4. The maximum Gasteiger partial charge on any atom is 0.335 e. The third kappa shape index (κ3) is 3.05. The lowest BCUT2D eigenvalue weighted by Gasteiger charge is -2.39. The Bertz CT molecular complexity index is 154. The number of hydrogen-bond donors (Lipinski definition) is 0. The van der Waals surface area contributed by atoms with Crippen LogP contribution in [0.1, 0.15) is 33.1 Å². The van der Waals surface area contributed by atoms with Gasteiger partial charge in [0, 0.05) is 32.5 Å². The van der Waals surface area contributed by atoms with Gasteiger partial charge in [0.2, 0.25) is 0 Å². The van der Waals surface area contributed by atoms with Crippen molar-refractivity contribution in [3.8, 4) is 0 Å². The summed E-state index contributed by atoms with van der Waals surface area (Å²) < 4.78 is 10.7. The van der Waals surface area contributed by atoms with E-state index in [4.69, 9.17) is 8.85 Å². The summed E-state index contributed by atoms with van der Waals surface area (Å²) in [4.78, 5) is 2.55. The Labute approximate surface area is 89.2 Å². The Morgan fingerprint density at radius 2 is 1.64 bits per heavy atom. The van der Waals surface area contributed by atoms with Gasteiger partial charge in [0.15, 0.2) is 0 Å². The number of piperidine rings is 1. The standard InChI is InChI=1S/C10H23NO2Si/c1-9-6-5-7-10(2)11(9)8-14(12-3)13-4/h9-10,14H,5-8H2,1-4H3. The second-order valence-electron chi connectivity index (χ2n) is 4.23. The first-order valence-electron chi connectivity index (χ1n) is 5.50. The summed E-state index contributed by atoms with van der Waals surface area (Å²) in [6, 6.07) is 1.39. The van der Waals surface area contributed by atoms with E-state index in [-0.39, 0.29) is 0 Å². The van der Waals surface area contributed by atoms with Gasteiger partial charge in [0.25, 0.3) is 0 Å². The second-order valence-corrected chi connectivity index (χ2v) is 6.39. The first kappa shape index (κ1) is 12.2. The molecule has 0 aliphatic carbocycles. The van der Waals surface area contributed by atoms with Crippen molar-refractivity contribution in [2.45, 2.75) is 45.2 Å². The van der Waals surface area contributed by atoms with Crippen LogP contribution in [0, 0.1) is 0 Å². The molecule has 0 aromatic heterocycles. The lowest BCUT2D eigenvalue weighted by molar-refractivity contribution is 0.109. The van der Waals surface area contributed by atoms with E-state index in [0.29, 0.717) is 12.1 Å². The van der Waals surface area contributed by atoms with E-state index >= 15 is 0 Å². The fourth-order valence-electron chi connectivity index (χ4n) is 2.25. The van der Waals surface area contributed by atoms with Crippen molar-refractivity contribution in [2.75, 3.05) is 20.4 Å². The van der Waals surface area contributed by atoms with Crippen molar-refractivity contribution in [3.05, 3.63) is 0 Å². The third-order valence-corrected chi connectivity index (χ3v) is 5.03. The summed E-state index contributed by atoms with van der Waals surface area (Å²) in [5, 5.41) is 0. The molecule has 14 heavy (non-hydrogen) atoms. The van der Waals surface area contributed by atoms with Gasteiger partial charge in [0.1, 0.15) is 0 Å². The van der Waals surface area contributed by atoms with Crippen molar-refractivity contribution in [1.29, 1.82) is 0 Å². The van der Waals surface area contributed by atoms with Crippen LogP contribution in [0.5, 0.6) is 0 Å². The molecule has 2 unspecified atom stereocenters. The van der Waals surface area contributed by atoms with Gasteiger partial charge in [-0.2, -0.15) is 0 Å². The first-order valence-corrected chi connectivity index (χ1v) is 7.26. The zero-order valence-electron chi connectivity index (χ0n) is 9.82. The molecule has 2 atom stereocenters. The summed E-state index contributed by atoms with van der Waals surface area (Å²) >= 11 is 0. The molecular formula is C10H23NO2Si. The molecule has 3 nitrogen and oxygen atoms in total. The highest BCUT2D eigenvalue weighted by Gasteiger charge is 2.27. The monoisotopic (exact) mass is 217 g/mol. The lowest BCUT2D eigenvalue weighted by Crippen LogP contribution is -2.49. The van der Waals surface area contributed by atoms with Gasteiger partial charge in [-0.1, -0.05) is 6.42 Å². The van der Waals surface area contributed by atoms with E-state index in [2.05, 4.69) is 18.7 Å². The second kappa shape index (κ2) is 5.85. The maximum atomic E-state index is 5.37. The molecule has 0 bridgehead atoms. The average Bonchev–Trinajstić information content (AvgIpc) is 2.18. The van der Waals surface area contributed by atoms with Crippen LogP contribution in [0.3, 0.4) is 0 Å². The summed E-state index contributed by atoms with van der Waals surface area (Å²) in [6.07, 6.45) is 5.03. The van der Waals surface area contributed by atoms with Crippen molar-refractivity contribution in [2.24, 2.45) is 0 Å².